The molecule has 0 atom stereocenters. The van der Waals surface area contributed by atoms with Crippen molar-refractivity contribution >= 4 is 11.7 Å². The van der Waals surface area contributed by atoms with Gasteiger partial charge in [0.2, 0.25) is 0 Å². The summed E-state index contributed by atoms with van der Waals surface area (Å²) in [4.78, 5) is 16.7. The first-order valence-electron chi connectivity index (χ1n) is 7.72. The van der Waals surface area contributed by atoms with Gasteiger partial charge in [-0.2, -0.15) is 0 Å². The van der Waals surface area contributed by atoms with Gasteiger partial charge in [0.05, 0.1) is 0 Å². The molecule has 1 aliphatic rings. The third-order valence-corrected chi connectivity index (χ3v) is 3.71. The number of carbonyl (C=O) groups excluding carboxylic acids is 1. The van der Waals surface area contributed by atoms with Crippen molar-refractivity contribution in [3.8, 4) is 0 Å². The highest BCUT2D eigenvalue weighted by molar-refractivity contribution is 5.95. The molecule has 1 aromatic rings. The average molecular weight is 275 g/mol. The molecule has 1 aliphatic carbocycles. The number of amides is 1. The molecule has 1 amide bonds. The highest BCUT2D eigenvalue weighted by Gasteiger charge is 2.17. The SMILES string of the molecule is CCCNc1cc(C(=O)NC2CCCCC2)cc(C)n1. The average Bonchev–Trinajstić information content (AvgIpc) is 2.45. The number of hydrogen-bond donors (Lipinski definition) is 2. The maximum Gasteiger partial charge on any atom is 0.251 e. The van der Waals surface area contributed by atoms with E-state index in [2.05, 4.69) is 22.5 Å². The Morgan fingerprint density at radius 3 is 2.75 bits per heavy atom. The van der Waals surface area contributed by atoms with Crippen LogP contribution < -0.4 is 10.6 Å². The van der Waals surface area contributed by atoms with Crippen LogP contribution in [0.1, 0.15) is 61.5 Å². The van der Waals surface area contributed by atoms with Crippen LogP contribution in [0.4, 0.5) is 5.82 Å². The van der Waals surface area contributed by atoms with Crippen molar-refractivity contribution in [3.05, 3.63) is 23.4 Å². The topological polar surface area (TPSA) is 54.0 Å². The summed E-state index contributed by atoms with van der Waals surface area (Å²) in [6.07, 6.45) is 7.01. The number of nitrogens with zero attached hydrogens (tertiary/aromatic N) is 1. The fraction of sp³-hybridized carbons (Fsp3) is 0.625. The summed E-state index contributed by atoms with van der Waals surface area (Å²) in [5.74, 6) is 0.822. The van der Waals surface area contributed by atoms with Crippen molar-refractivity contribution in [2.24, 2.45) is 0 Å². The molecule has 0 radical (unpaired) electrons. The molecule has 4 nitrogen and oxygen atoms in total. The van der Waals surface area contributed by atoms with E-state index in [0.29, 0.717) is 11.6 Å². The van der Waals surface area contributed by atoms with Gasteiger partial charge >= 0.3 is 0 Å². The van der Waals surface area contributed by atoms with Gasteiger partial charge in [-0.1, -0.05) is 26.2 Å². The maximum atomic E-state index is 12.3. The molecule has 1 fully saturated rings. The maximum absolute atomic E-state index is 12.3. The molecule has 4 heteroatoms. The lowest BCUT2D eigenvalue weighted by atomic mass is 9.95. The summed E-state index contributed by atoms with van der Waals surface area (Å²) >= 11 is 0. The fourth-order valence-electron chi connectivity index (χ4n) is 2.66. The molecule has 1 heterocycles. The van der Waals surface area contributed by atoms with Gasteiger partial charge in [0.15, 0.2) is 0 Å². The predicted molar refractivity (Wildman–Crippen MR) is 82.1 cm³/mol. The van der Waals surface area contributed by atoms with E-state index in [-0.39, 0.29) is 5.91 Å². The van der Waals surface area contributed by atoms with Crippen LogP contribution in [0, 0.1) is 6.92 Å². The molecular weight excluding hydrogens is 250 g/mol. The van der Waals surface area contributed by atoms with Crippen molar-refractivity contribution in [1.82, 2.24) is 10.3 Å². The first kappa shape index (κ1) is 14.8. The van der Waals surface area contributed by atoms with Gasteiger partial charge in [-0.05, 0) is 38.3 Å². The Kier molecular flexibility index (Phi) is 5.39. The number of rotatable bonds is 5. The van der Waals surface area contributed by atoms with Crippen LogP contribution in [0.2, 0.25) is 0 Å². The lowest BCUT2D eigenvalue weighted by Crippen LogP contribution is -2.36. The first-order chi connectivity index (χ1) is 9.69. The summed E-state index contributed by atoms with van der Waals surface area (Å²) in [5.41, 5.74) is 1.58. The van der Waals surface area contributed by atoms with Crippen molar-refractivity contribution in [2.45, 2.75) is 58.4 Å². The number of anilines is 1. The minimum Gasteiger partial charge on any atom is -0.370 e. The first-order valence-corrected chi connectivity index (χ1v) is 7.72. The summed E-state index contributed by atoms with van der Waals surface area (Å²) < 4.78 is 0. The van der Waals surface area contributed by atoms with E-state index in [9.17, 15) is 4.79 Å². The molecule has 0 unspecified atom stereocenters. The molecule has 2 rings (SSSR count). The minimum atomic E-state index is 0.0296. The highest BCUT2D eigenvalue weighted by Crippen LogP contribution is 2.18. The van der Waals surface area contributed by atoms with Gasteiger partial charge in [-0.3, -0.25) is 4.79 Å². The number of pyridine rings is 1. The monoisotopic (exact) mass is 275 g/mol. The Balaban J connectivity index is 2.02. The van der Waals surface area contributed by atoms with Crippen LogP contribution in [0.3, 0.4) is 0 Å². The Morgan fingerprint density at radius 2 is 2.05 bits per heavy atom. The molecule has 0 spiro atoms. The second kappa shape index (κ2) is 7.27. The van der Waals surface area contributed by atoms with E-state index < -0.39 is 0 Å². The van der Waals surface area contributed by atoms with Crippen LogP contribution in [-0.2, 0) is 0 Å². The summed E-state index contributed by atoms with van der Waals surface area (Å²) in [6.45, 7) is 4.91. The van der Waals surface area contributed by atoms with E-state index in [1.807, 2.05) is 19.1 Å². The Bertz CT molecular complexity index is 453. The van der Waals surface area contributed by atoms with Crippen LogP contribution in [0.5, 0.6) is 0 Å². The minimum absolute atomic E-state index is 0.0296. The lowest BCUT2D eigenvalue weighted by molar-refractivity contribution is 0.0927. The molecule has 1 aromatic heterocycles. The Hall–Kier alpha value is -1.58. The standard InChI is InChI=1S/C16H25N3O/c1-3-9-17-15-11-13(10-12(2)18-15)16(20)19-14-7-5-4-6-8-14/h10-11,14H,3-9H2,1-2H3,(H,17,18)(H,19,20). The van der Waals surface area contributed by atoms with Gasteiger partial charge < -0.3 is 10.6 Å². The molecule has 2 N–H and O–H groups in total. The zero-order valence-electron chi connectivity index (χ0n) is 12.5. The number of hydrogen-bond acceptors (Lipinski definition) is 3. The number of nitrogens with one attached hydrogen (secondary N) is 2. The fourth-order valence-corrected chi connectivity index (χ4v) is 2.66. The molecule has 0 bridgehead atoms. The molecule has 1 saturated carbocycles. The largest absolute Gasteiger partial charge is 0.370 e. The zero-order chi connectivity index (χ0) is 14.4. The van der Waals surface area contributed by atoms with Crippen LogP contribution in [0.25, 0.3) is 0 Å². The van der Waals surface area contributed by atoms with Crippen LogP contribution in [-0.4, -0.2) is 23.5 Å². The Morgan fingerprint density at radius 1 is 1.30 bits per heavy atom. The van der Waals surface area contributed by atoms with Crippen molar-refractivity contribution in [2.75, 3.05) is 11.9 Å². The summed E-state index contributed by atoms with van der Waals surface area (Å²) in [7, 11) is 0. The number of carbonyl (C=O) groups is 1. The van der Waals surface area contributed by atoms with E-state index in [1.165, 1.54) is 19.3 Å². The smallest absolute Gasteiger partial charge is 0.251 e. The summed E-state index contributed by atoms with van der Waals surface area (Å²) in [5, 5.41) is 6.39. The Labute approximate surface area is 121 Å². The van der Waals surface area contributed by atoms with Crippen molar-refractivity contribution in [1.29, 1.82) is 0 Å². The third-order valence-electron chi connectivity index (χ3n) is 3.71. The molecule has 20 heavy (non-hydrogen) atoms. The molecule has 0 aromatic carbocycles. The molecule has 0 aliphatic heterocycles. The molecular formula is C16H25N3O. The van der Waals surface area contributed by atoms with E-state index >= 15 is 0 Å². The van der Waals surface area contributed by atoms with E-state index in [0.717, 1.165) is 37.3 Å². The van der Waals surface area contributed by atoms with E-state index in [4.69, 9.17) is 0 Å². The molecule has 0 saturated heterocycles. The number of aryl methyl sites for hydroxylation is 1. The van der Waals surface area contributed by atoms with Gasteiger partial charge in [0.25, 0.3) is 5.91 Å². The third kappa shape index (κ3) is 4.22. The molecule has 110 valence electrons. The van der Waals surface area contributed by atoms with Gasteiger partial charge in [-0.15, -0.1) is 0 Å². The second-order valence-electron chi connectivity index (χ2n) is 5.62. The summed E-state index contributed by atoms with van der Waals surface area (Å²) in [6, 6.07) is 4.05. The normalized spacial score (nSPS) is 15.9. The lowest BCUT2D eigenvalue weighted by Gasteiger charge is -2.22. The van der Waals surface area contributed by atoms with Crippen molar-refractivity contribution < 1.29 is 4.79 Å². The van der Waals surface area contributed by atoms with Gasteiger partial charge in [0.1, 0.15) is 5.82 Å². The van der Waals surface area contributed by atoms with E-state index in [1.54, 1.807) is 0 Å². The zero-order valence-corrected chi connectivity index (χ0v) is 12.5. The second-order valence-corrected chi connectivity index (χ2v) is 5.62. The number of aromatic nitrogens is 1. The van der Waals surface area contributed by atoms with Crippen LogP contribution >= 0.6 is 0 Å². The van der Waals surface area contributed by atoms with Gasteiger partial charge in [-0.25, -0.2) is 4.98 Å². The van der Waals surface area contributed by atoms with Crippen molar-refractivity contribution in [3.63, 3.8) is 0 Å². The highest BCUT2D eigenvalue weighted by atomic mass is 16.1. The van der Waals surface area contributed by atoms with Crippen LogP contribution in [0.15, 0.2) is 12.1 Å². The predicted octanol–water partition coefficient (Wildman–Crippen LogP) is 3.27. The van der Waals surface area contributed by atoms with Gasteiger partial charge in [0, 0.05) is 23.8 Å². The quantitative estimate of drug-likeness (QED) is 0.867.